The number of benzene rings is 5. The lowest BCUT2D eigenvalue weighted by Crippen LogP contribution is -3.23. The molecule has 0 spiro atoms. The van der Waals surface area contributed by atoms with E-state index in [4.69, 9.17) is 0 Å². The topological polar surface area (TPSA) is 182 Å². The van der Waals surface area contributed by atoms with E-state index in [-0.39, 0.29) is 40.8 Å². The van der Waals surface area contributed by atoms with Crippen LogP contribution in [0.25, 0.3) is 17.0 Å². The molecule has 3 unspecified atom stereocenters. The minimum absolute atomic E-state index is 0.0460. The SMILES string of the molecule is CC[NH+]1C2C=C3C(=C(c4ccccc4C(=O)N(C)CCCC(=O)NCCc4ccc(NNc5ccc(C(=O)NCc6ccc(-c7nnc(C)nn7)cc6)cc5)c(O)c4)c4cc5c6c(c4C3(C)C)CCCN6CCC5)C=C2C(C)CC1(C)C. The zero-order valence-corrected chi connectivity index (χ0v) is 48.8. The number of quaternary nitrogens is 1. The Labute approximate surface area is 482 Å². The lowest BCUT2D eigenvalue weighted by Gasteiger charge is -2.51. The first-order chi connectivity index (χ1) is 39.5. The fourth-order valence-electron chi connectivity index (χ4n) is 13.9. The number of hydrazine groups is 1. The number of allylic oxidation sites excluding steroid dienone is 3. The van der Waals surface area contributed by atoms with Crippen LogP contribution in [0, 0.1) is 12.8 Å². The summed E-state index contributed by atoms with van der Waals surface area (Å²) < 4.78 is 0. The number of phenols is 1. The first-order valence-electron chi connectivity index (χ1n) is 29.4. The van der Waals surface area contributed by atoms with E-state index in [1.807, 2.05) is 49.5 Å². The number of likely N-dealkylation sites (tertiary alicyclic amines) is 1. The van der Waals surface area contributed by atoms with E-state index in [0.717, 1.165) is 74.0 Å². The highest BCUT2D eigenvalue weighted by atomic mass is 16.3. The third-order valence-electron chi connectivity index (χ3n) is 17.9. The van der Waals surface area contributed by atoms with Gasteiger partial charge in [0, 0.05) is 80.4 Å². The summed E-state index contributed by atoms with van der Waals surface area (Å²) in [6.07, 6.45) is 12.1. The number of rotatable bonds is 17. The van der Waals surface area contributed by atoms with Crippen molar-refractivity contribution in [1.82, 2.24) is 35.9 Å². The van der Waals surface area contributed by atoms with Gasteiger partial charge in [0.25, 0.3) is 11.8 Å². The number of nitrogens with zero attached hydrogens (tertiary/aromatic N) is 6. The second kappa shape index (κ2) is 23.0. The maximum atomic E-state index is 14.9. The number of nitrogens with one attached hydrogen (secondary N) is 5. The van der Waals surface area contributed by atoms with E-state index < -0.39 is 0 Å². The summed E-state index contributed by atoms with van der Waals surface area (Å²) in [6.45, 7) is 20.7. The summed E-state index contributed by atoms with van der Waals surface area (Å²) in [5.74, 6) is 1.08. The third-order valence-corrected chi connectivity index (χ3v) is 17.9. The molecule has 3 aliphatic heterocycles. The molecule has 3 atom stereocenters. The molecule has 15 nitrogen and oxygen atoms in total. The fourth-order valence-corrected chi connectivity index (χ4v) is 13.9. The maximum Gasteiger partial charge on any atom is 0.254 e. The van der Waals surface area contributed by atoms with Crippen LogP contribution in [0.5, 0.6) is 5.75 Å². The second-order valence-corrected chi connectivity index (χ2v) is 24.3. The largest absolute Gasteiger partial charge is 0.506 e. The van der Waals surface area contributed by atoms with Crippen molar-refractivity contribution < 1.29 is 24.4 Å². The van der Waals surface area contributed by atoms with Crippen molar-refractivity contribution >= 4 is 40.4 Å². The van der Waals surface area contributed by atoms with Crippen molar-refractivity contribution in [3.05, 3.63) is 182 Å². The zero-order chi connectivity index (χ0) is 57.5. The van der Waals surface area contributed by atoms with Gasteiger partial charge in [-0.2, -0.15) is 0 Å². The van der Waals surface area contributed by atoms with Gasteiger partial charge in [-0.05, 0) is 194 Å². The number of hydrogen-bond acceptors (Lipinski definition) is 11. The molecular weight excluding hydrogens is 1020 g/mol. The van der Waals surface area contributed by atoms with Crippen LogP contribution in [0.2, 0.25) is 0 Å². The van der Waals surface area contributed by atoms with Gasteiger partial charge in [0.05, 0.1) is 23.5 Å². The highest BCUT2D eigenvalue weighted by Gasteiger charge is 2.50. The molecule has 3 amide bonds. The van der Waals surface area contributed by atoms with Gasteiger partial charge in [0.2, 0.25) is 11.7 Å². The molecule has 6 aromatic rings. The Morgan fingerprint density at radius 1 is 0.841 bits per heavy atom. The number of aryl methyl sites for hydroxylation is 2. The maximum absolute atomic E-state index is 14.9. The molecule has 15 heteroatoms. The summed E-state index contributed by atoms with van der Waals surface area (Å²) in [7, 11) is 1.86. The summed E-state index contributed by atoms with van der Waals surface area (Å²) in [4.78, 5) is 47.1. The molecule has 5 aromatic carbocycles. The van der Waals surface area contributed by atoms with Crippen LogP contribution < -0.4 is 31.3 Å². The van der Waals surface area contributed by atoms with Crippen LogP contribution in [0.1, 0.15) is 139 Å². The number of aromatic nitrogens is 4. The number of likely N-dealkylation sites (N-methyl/N-ethyl adjacent to an activating group) is 1. The number of carbonyl (C=O) groups excluding carboxylic acids is 3. The van der Waals surface area contributed by atoms with Crippen molar-refractivity contribution in [3.63, 3.8) is 0 Å². The van der Waals surface area contributed by atoms with Crippen LogP contribution in [0.4, 0.5) is 17.1 Å². The van der Waals surface area contributed by atoms with Crippen LogP contribution in [-0.2, 0) is 36.0 Å². The van der Waals surface area contributed by atoms with E-state index in [9.17, 15) is 19.5 Å². The molecule has 11 rings (SSSR count). The lowest BCUT2D eigenvalue weighted by molar-refractivity contribution is -0.964. The van der Waals surface area contributed by atoms with Gasteiger partial charge in [-0.15, -0.1) is 20.4 Å². The molecule has 2 aliphatic carbocycles. The first-order valence-corrected chi connectivity index (χ1v) is 29.4. The van der Waals surface area contributed by atoms with Gasteiger partial charge in [-0.25, -0.2) is 0 Å². The molecule has 6 N–H and O–H groups in total. The zero-order valence-electron chi connectivity index (χ0n) is 48.8. The van der Waals surface area contributed by atoms with Crippen LogP contribution in [0.15, 0.2) is 126 Å². The number of fused-ring (bicyclic) bond motifs is 4. The average molecular weight is 1100 g/mol. The number of carbonyl (C=O) groups is 3. The number of aromatic hydroxyl groups is 1. The molecule has 1 aromatic heterocycles. The molecule has 424 valence electrons. The van der Waals surface area contributed by atoms with E-state index in [1.165, 1.54) is 50.2 Å². The van der Waals surface area contributed by atoms with Crippen molar-refractivity contribution in [3.8, 4) is 17.1 Å². The number of anilines is 3. The van der Waals surface area contributed by atoms with E-state index in [1.54, 1.807) is 53.1 Å². The Bertz CT molecular complexity index is 3530. The van der Waals surface area contributed by atoms with Crippen LogP contribution in [0.3, 0.4) is 0 Å². The number of phenolic OH excluding ortho intramolecular Hbond substituents is 1. The van der Waals surface area contributed by atoms with Crippen LogP contribution in [-0.4, -0.2) is 99.5 Å². The third kappa shape index (κ3) is 11.0. The quantitative estimate of drug-likeness (QED) is 0.0379. The number of amides is 3. The molecule has 82 heavy (non-hydrogen) atoms. The Hall–Kier alpha value is -8.17. The Balaban J connectivity index is 0.698. The number of piperidine rings is 1. The van der Waals surface area contributed by atoms with Gasteiger partial charge < -0.3 is 35.9 Å². The summed E-state index contributed by atoms with van der Waals surface area (Å²) in [5, 5.41) is 32.9. The van der Waals surface area contributed by atoms with Crippen molar-refractivity contribution in [2.45, 2.75) is 123 Å². The van der Waals surface area contributed by atoms with Gasteiger partial charge in [0.15, 0.2) is 5.82 Å². The van der Waals surface area contributed by atoms with E-state index in [0.29, 0.717) is 78.6 Å². The van der Waals surface area contributed by atoms with Gasteiger partial charge >= 0.3 is 0 Å². The fraction of sp³-hybridized carbons (Fsp3) is 0.388. The van der Waals surface area contributed by atoms with Crippen LogP contribution >= 0.6 is 0 Å². The van der Waals surface area contributed by atoms with Crippen molar-refractivity contribution in [2.24, 2.45) is 5.92 Å². The smallest absolute Gasteiger partial charge is 0.254 e. The average Bonchev–Trinajstić information content (AvgIpc) is 3.63. The standard InChI is InChI=1S/C67H77N11O4/c1-9-78-57-38-55-53(37-52(57)41(2)39-66(78,4)5)60(54-36-47-15-12-33-77-34-13-18-51(62(47)77)61(54)67(55,6)7)49-16-10-11-17-50(49)65(82)76(8)32-14-19-59(80)68-31-30-43-22-29-56(58(79)35-43)73-72-48-27-25-46(26-28-48)64(81)69-40-44-20-23-45(24-21-44)63-74-70-42(3)71-75-63/h10-11,16-17,20-29,35-38,41,57,72-73,79H,9,12-15,18-19,30-34,39-40H2,1-8H3,(H,68,80)(H,69,81)/p+1. The molecule has 4 heterocycles. The Morgan fingerprint density at radius 2 is 1.57 bits per heavy atom. The van der Waals surface area contributed by atoms with Gasteiger partial charge in [-0.1, -0.05) is 69.3 Å². The van der Waals surface area contributed by atoms with Gasteiger partial charge in [-0.3, -0.25) is 19.8 Å². The molecule has 1 fully saturated rings. The first kappa shape index (κ1) is 55.7. The monoisotopic (exact) mass is 1100 g/mol. The predicted molar refractivity (Wildman–Crippen MR) is 324 cm³/mol. The molecular formula is C67H78N11O4+. The Morgan fingerprint density at radius 3 is 2.32 bits per heavy atom. The molecule has 5 aliphatic rings. The molecule has 0 radical (unpaired) electrons. The van der Waals surface area contributed by atoms with E-state index >= 15 is 0 Å². The minimum Gasteiger partial charge on any atom is -0.506 e. The summed E-state index contributed by atoms with van der Waals surface area (Å²) in [6, 6.07) is 30.9. The van der Waals surface area contributed by atoms with Gasteiger partial charge in [0.1, 0.15) is 11.8 Å². The summed E-state index contributed by atoms with van der Waals surface area (Å²) >= 11 is 0. The molecule has 1 saturated heterocycles. The number of hydrogen-bond donors (Lipinski definition) is 6. The van der Waals surface area contributed by atoms with Crippen molar-refractivity contribution in [1.29, 1.82) is 0 Å². The predicted octanol–water partition coefficient (Wildman–Crippen LogP) is 9.28. The lowest BCUT2D eigenvalue weighted by atomic mass is 9.59. The molecule has 0 saturated carbocycles. The highest BCUT2D eigenvalue weighted by Crippen LogP contribution is 2.56. The van der Waals surface area contributed by atoms with E-state index in [2.05, 4.69) is 119 Å². The highest BCUT2D eigenvalue weighted by molar-refractivity contribution is 6.04. The minimum atomic E-state index is -0.238. The normalized spacial score (nSPS) is 19.1. The van der Waals surface area contributed by atoms with Crippen molar-refractivity contribution in [2.75, 3.05) is 55.5 Å². The molecule has 0 bridgehead atoms. The summed E-state index contributed by atoms with van der Waals surface area (Å²) in [5.41, 5.74) is 24.4. The Kier molecular flexibility index (Phi) is 15.6. The second-order valence-electron chi connectivity index (χ2n) is 24.3.